The van der Waals surface area contributed by atoms with Gasteiger partial charge in [-0.25, -0.2) is 0 Å². The van der Waals surface area contributed by atoms with Crippen molar-refractivity contribution in [2.24, 2.45) is 5.41 Å². The van der Waals surface area contributed by atoms with Gasteiger partial charge in [0.2, 0.25) is 0 Å². The molecule has 82 valence electrons. The van der Waals surface area contributed by atoms with Crippen LogP contribution in [0, 0.1) is 5.41 Å². The van der Waals surface area contributed by atoms with Gasteiger partial charge < -0.3 is 15.4 Å². The summed E-state index contributed by atoms with van der Waals surface area (Å²) in [7, 11) is 0. The minimum atomic E-state index is -0.660. The van der Waals surface area contributed by atoms with E-state index in [4.69, 9.17) is 5.11 Å². The molecule has 0 bridgehead atoms. The summed E-state index contributed by atoms with van der Waals surface area (Å²) in [6.07, 6.45) is 4.52. The number of aliphatic carboxylic acids is 1. The van der Waals surface area contributed by atoms with Crippen LogP contribution in [0.5, 0.6) is 0 Å². The molecular weight excluding hydrogens is 192 g/mol. The Hall–Kier alpha value is -1.29. The molecule has 0 aliphatic heterocycles. The van der Waals surface area contributed by atoms with Crippen LogP contribution < -0.4 is 5.32 Å². The van der Waals surface area contributed by atoms with Gasteiger partial charge in [-0.1, -0.05) is 6.42 Å². The highest BCUT2D eigenvalue weighted by Crippen LogP contribution is 2.40. The van der Waals surface area contributed by atoms with Gasteiger partial charge >= 0.3 is 5.97 Å². The zero-order valence-corrected chi connectivity index (χ0v) is 8.62. The van der Waals surface area contributed by atoms with Gasteiger partial charge in [-0.3, -0.25) is 4.79 Å². The third-order valence-corrected chi connectivity index (χ3v) is 3.21. The van der Waals surface area contributed by atoms with Crippen molar-refractivity contribution in [2.45, 2.75) is 25.8 Å². The van der Waals surface area contributed by atoms with Crippen molar-refractivity contribution < 1.29 is 9.90 Å². The van der Waals surface area contributed by atoms with Crippen molar-refractivity contribution in [3.63, 3.8) is 0 Å². The van der Waals surface area contributed by atoms with E-state index in [0.717, 1.165) is 25.0 Å². The summed E-state index contributed by atoms with van der Waals surface area (Å²) in [5.74, 6) is -0.660. The van der Waals surface area contributed by atoms with Gasteiger partial charge in [-0.2, -0.15) is 0 Å². The van der Waals surface area contributed by atoms with Crippen molar-refractivity contribution in [3.05, 3.63) is 24.0 Å². The van der Waals surface area contributed by atoms with Gasteiger partial charge in [0.15, 0.2) is 0 Å². The largest absolute Gasteiger partial charge is 0.481 e. The number of carboxylic acids is 1. The second kappa shape index (κ2) is 4.06. The van der Waals surface area contributed by atoms with E-state index >= 15 is 0 Å². The number of carbonyl (C=O) groups is 1. The van der Waals surface area contributed by atoms with Crippen LogP contribution in [-0.2, 0) is 11.3 Å². The summed E-state index contributed by atoms with van der Waals surface area (Å²) < 4.78 is 0. The van der Waals surface area contributed by atoms with Crippen LogP contribution in [0.25, 0.3) is 0 Å². The fourth-order valence-electron chi connectivity index (χ4n) is 1.98. The lowest BCUT2D eigenvalue weighted by Crippen LogP contribution is -2.46. The van der Waals surface area contributed by atoms with E-state index < -0.39 is 11.4 Å². The van der Waals surface area contributed by atoms with E-state index in [1.807, 2.05) is 18.3 Å². The average molecular weight is 208 g/mol. The molecular formula is C11H16N2O2. The molecule has 0 amide bonds. The van der Waals surface area contributed by atoms with Crippen LogP contribution in [-0.4, -0.2) is 22.6 Å². The van der Waals surface area contributed by atoms with E-state index in [9.17, 15) is 4.79 Å². The van der Waals surface area contributed by atoms with Crippen LogP contribution >= 0.6 is 0 Å². The van der Waals surface area contributed by atoms with Crippen LogP contribution in [0.2, 0.25) is 0 Å². The molecule has 3 N–H and O–H groups in total. The van der Waals surface area contributed by atoms with Gasteiger partial charge in [-0.05, 0) is 25.0 Å². The molecule has 0 unspecified atom stereocenters. The van der Waals surface area contributed by atoms with Crippen molar-refractivity contribution in [3.8, 4) is 0 Å². The molecule has 0 saturated heterocycles. The summed E-state index contributed by atoms with van der Waals surface area (Å²) >= 11 is 0. The number of carboxylic acid groups (broad SMARTS) is 1. The van der Waals surface area contributed by atoms with Gasteiger partial charge in [-0.15, -0.1) is 0 Å². The minimum Gasteiger partial charge on any atom is -0.481 e. The van der Waals surface area contributed by atoms with E-state index in [-0.39, 0.29) is 0 Å². The Bertz CT molecular complexity index is 328. The molecule has 1 aliphatic carbocycles. The van der Waals surface area contributed by atoms with E-state index in [1.54, 1.807) is 0 Å². The standard InChI is InChI=1S/C11H16N2O2/c14-10(15)11(4-2-5-11)8-12-7-9-3-1-6-13-9/h1,3,6,12-13H,2,4-5,7-8H2,(H,14,15). The van der Waals surface area contributed by atoms with E-state index in [2.05, 4.69) is 10.3 Å². The highest BCUT2D eigenvalue weighted by Gasteiger charge is 2.43. The van der Waals surface area contributed by atoms with Crippen molar-refractivity contribution >= 4 is 5.97 Å². The number of aromatic nitrogens is 1. The fraction of sp³-hybridized carbons (Fsp3) is 0.545. The van der Waals surface area contributed by atoms with Gasteiger partial charge in [0.1, 0.15) is 0 Å². The predicted molar refractivity (Wildman–Crippen MR) is 56.4 cm³/mol. The van der Waals surface area contributed by atoms with Crippen LogP contribution in [0.15, 0.2) is 18.3 Å². The quantitative estimate of drug-likeness (QED) is 0.684. The predicted octanol–water partition coefficient (Wildman–Crippen LogP) is 1.36. The van der Waals surface area contributed by atoms with Crippen molar-refractivity contribution in [1.82, 2.24) is 10.3 Å². The Morgan fingerprint density at radius 2 is 2.40 bits per heavy atom. The number of rotatable bonds is 5. The molecule has 1 fully saturated rings. The topological polar surface area (TPSA) is 65.1 Å². The molecule has 0 spiro atoms. The summed E-state index contributed by atoms with van der Waals surface area (Å²) in [5.41, 5.74) is 0.599. The highest BCUT2D eigenvalue weighted by molar-refractivity contribution is 5.76. The molecule has 1 aromatic heterocycles. The van der Waals surface area contributed by atoms with Crippen LogP contribution in [0.1, 0.15) is 25.0 Å². The van der Waals surface area contributed by atoms with E-state index in [0.29, 0.717) is 13.1 Å². The number of nitrogens with one attached hydrogen (secondary N) is 2. The maximum Gasteiger partial charge on any atom is 0.310 e. The highest BCUT2D eigenvalue weighted by atomic mass is 16.4. The molecule has 15 heavy (non-hydrogen) atoms. The monoisotopic (exact) mass is 208 g/mol. The second-order valence-corrected chi connectivity index (χ2v) is 4.24. The molecule has 1 heterocycles. The Balaban J connectivity index is 1.80. The average Bonchev–Trinajstić information content (AvgIpc) is 2.61. The second-order valence-electron chi connectivity index (χ2n) is 4.24. The summed E-state index contributed by atoms with van der Waals surface area (Å²) in [6.45, 7) is 1.28. The molecule has 4 nitrogen and oxygen atoms in total. The Morgan fingerprint density at radius 3 is 2.87 bits per heavy atom. The summed E-state index contributed by atoms with van der Waals surface area (Å²) in [4.78, 5) is 14.1. The zero-order valence-electron chi connectivity index (χ0n) is 8.62. The van der Waals surface area contributed by atoms with Crippen LogP contribution in [0.3, 0.4) is 0 Å². The number of aromatic amines is 1. The molecule has 1 aliphatic rings. The molecule has 4 heteroatoms. The maximum absolute atomic E-state index is 11.0. The molecule has 1 aromatic rings. The first-order chi connectivity index (χ1) is 7.23. The summed E-state index contributed by atoms with van der Waals surface area (Å²) in [6, 6.07) is 3.93. The van der Waals surface area contributed by atoms with Crippen molar-refractivity contribution in [2.75, 3.05) is 6.54 Å². The first-order valence-electron chi connectivity index (χ1n) is 5.29. The molecule has 0 atom stereocenters. The lowest BCUT2D eigenvalue weighted by molar-refractivity contribution is -0.154. The first-order valence-corrected chi connectivity index (χ1v) is 5.29. The maximum atomic E-state index is 11.0. The Kier molecular flexibility index (Phi) is 2.77. The fourth-order valence-corrected chi connectivity index (χ4v) is 1.98. The molecule has 0 aromatic carbocycles. The third-order valence-electron chi connectivity index (χ3n) is 3.21. The van der Waals surface area contributed by atoms with E-state index in [1.165, 1.54) is 0 Å². The summed E-state index contributed by atoms with van der Waals surface area (Å²) in [5, 5.41) is 12.3. The van der Waals surface area contributed by atoms with Crippen LogP contribution in [0.4, 0.5) is 0 Å². The lowest BCUT2D eigenvalue weighted by atomic mass is 9.69. The normalized spacial score (nSPS) is 18.4. The SMILES string of the molecule is O=C(O)C1(CNCc2ccc[nH]2)CCC1. The van der Waals surface area contributed by atoms with Crippen molar-refractivity contribution in [1.29, 1.82) is 0 Å². The Labute approximate surface area is 88.7 Å². The number of hydrogen-bond acceptors (Lipinski definition) is 2. The number of H-pyrrole nitrogens is 1. The first kappa shape index (κ1) is 10.2. The zero-order chi connectivity index (χ0) is 10.7. The van der Waals surface area contributed by atoms with Gasteiger partial charge in [0.25, 0.3) is 0 Å². The number of hydrogen-bond donors (Lipinski definition) is 3. The molecule has 0 radical (unpaired) electrons. The Morgan fingerprint density at radius 1 is 1.60 bits per heavy atom. The third kappa shape index (κ3) is 2.04. The van der Waals surface area contributed by atoms with Gasteiger partial charge in [0.05, 0.1) is 5.41 Å². The smallest absolute Gasteiger partial charge is 0.310 e. The molecule has 1 saturated carbocycles. The minimum absolute atomic E-state index is 0.493. The lowest BCUT2D eigenvalue weighted by Gasteiger charge is -2.37. The van der Waals surface area contributed by atoms with Gasteiger partial charge in [0, 0.05) is 25.0 Å². The molecule has 2 rings (SSSR count).